The van der Waals surface area contributed by atoms with Crippen LogP contribution < -0.4 is 10.1 Å². The molecule has 4 heteroatoms. The smallest absolute Gasteiger partial charge is 0.214 e. The highest BCUT2D eigenvalue weighted by atomic mass is 16.5. The second-order valence-electron chi connectivity index (χ2n) is 8.72. The van der Waals surface area contributed by atoms with Crippen LogP contribution in [0.2, 0.25) is 0 Å². The Labute approximate surface area is 138 Å². The minimum atomic E-state index is -0.000139. The van der Waals surface area contributed by atoms with Gasteiger partial charge in [-0.2, -0.15) is 0 Å². The molecular weight excluding hydrogens is 288 g/mol. The SMILES string of the molecule is CC(C)(C)N[C@H]1C[C@H](Oc2cc3cc(C(C)(C)C)oc3cn2)C1. The zero-order valence-electron chi connectivity index (χ0n) is 15.1. The number of hydrogen-bond donors (Lipinski definition) is 1. The van der Waals surface area contributed by atoms with Crippen molar-refractivity contribution in [2.24, 2.45) is 0 Å². The predicted molar refractivity (Wildman–Crippen MR) is 93.0 cm³/mol. The Morgan fingerprint density at radius 2 is 1.83 bits per heavy atom. The summed E-state index contributed by atoms with van der Waals surface area (Å²) in [4.78, 5) is 4.39. The van der Waals surface area contributed by atoms with Gasteiger partial charge in [0, 0.05) is 28.4 Å². The molecule has 0 aromatic carbocycles. The van der Waals surface area contributed by atoms with Crippen LogP contribution in [0.3, 0.4) is 0 Å². The second-order valence-corrected chi connectivity index (χ2v) is 8.72. The lowest BCUT2D eigenvalue weighted by Gasteiger charge is -2.39. The van der Waals surface area contributed by atoms with Crippen LogP contribution >= 0.6 is 0 Å². The van der Waals surface area contributed by atoms with E-state index in [1.807, 2.05) is 6.07 Å². The van der Waals surface area contributed by atoms with Gasteiger partial charge >= 0.3 is 0 Å². The van der Waals surface area contributed by atoms with E-state index in [4.69, 9.17) is 9.15 Å². The van der Waals surface area contributed by atoms with E-state index in [1.165, 1.54) is 0 Å². The Hall–Kier alpha value is -1.55. The molecule has 0 saturated heterocycles. The number of pyridine rings is 1. The van der Waals surface area contributed by atoms with Crippen LogP contribution in [0.25, 0.3) is 11.0 Å². The second kappa shape index (κ2) is 5.52. The Kier molecular flexibility index (Phi) is 3.91. The molecule has 0 amide bonds. The van der Waals surface area contributed by atoms with Crippen molar-refractivity contribution in [1.29, 1.82) is 0 Å². The van der Waals surface area contributed by atoms with Gasteiger partial charge in [-0.05, 0) is 39.7 Å². The van der Waals surface area contributed by atoms with E-state index in [9.17, 15) is 0 Å². The summed E-state index contributed by atoms with van der Waals surface area (Å²) in [7, 11) is 0. The van der Waals surface area contributed by atoms with Gasteiger partial charge in [0.05, 0.1) is 6.20 Å². The summed E-state index contributed by atoms with van der Waals surface area (Å²) in [5, 5.41) is 4.66. The van der Waals surface area contributed by atoms with Gasteiger partial charge in [0.15, 0.2) is 5.58 Å². The minimum absolute atomic E-state index is 0.000139. The number of nitrogens with zero attached hydrogens (tertiary/aromatic N) is 1. The van der Waals surface area contributed by atoms with Crippen molar-refractivity contribution in [2.45, 2.75) is 77.5 Å². The summed E-state index contributed by atoms with van der Waals surface area (Å²) in [5.74, 6) is 1.67. The molecule has 1 saturated carbocycles. The van der Waals surface area contributed by atoms with Gasteiger partial charge in [0.25, 0.3) is 0 Å². The molecule has 23 heavy (non-hydrogen) atoms. The third kappa shape index (κ3) is 3.86. The van der Waals surface area contributed by atoms with E-state index in [2.05, 4.69) is 57.9 Å². The van der Waals surface area contributed by atoms with Crippen LogP contribution in [0.5, 0.6) is 5.88 Å². The summed E-state index contributed by atoms with van der Waals surface area (Å²) in [6, 6.07) is 4.62. The first-order valence-corrected chi connectivity index (χ1v) is 8.44. The molecule has 2 aromatic heterocycles. The monoisotopic (exact) mass is 316 g/mol. The van der Waals surface area contributed by atoms with Gasteiger partial charge in [-0.3, -0.25) is 0 Å². The zero-order valence-corrected chi connectivity index (χ0v) is 15.1. The van der Waals surface area contributed by atoms with Gasteiger partial charge in [-0.25, -0.2) is 4.98 Å². The van der Waals surface area contributed by atoms with Crippen molar-refractivity contribution >= 4 is 11.0 Å². The average Bonchev–Trinajstić information content (AvgIpc) is 2.77. The average molecular weight is 316 g/mol. The summed E-state index contributed by atoms with van der Waals surface area (Å²) in [5.41, 5.74) is 0.982. The van der Waals surface area contributed by atoms with Crippen molar-refractivity contribution in [1.82, 2.24) is 10.3 Å². The highest BCUT2D eigenvalue weighted by Crippen LogP contribution is 2.32. The summed E-state index contributed by atoms with van der Waals surface area (Å²) in [6.07, 6.45) is 4.10. The summed E-state index contributed by atoms with van der Waals surface area (Å²) in [6.45, 7) is 13.0. The number of rotatable bonds is 3. The molecule has 4 nitrogen and oxygen atoms in total. The molecule has 0 bridgehead atoms. The maximum atomic E-state index is 6.01. The van der Waals surface area contributed by atoms with Crippen molar-refractivity contribution < 1.29 is 9.15 Å². The van der Waals surface area contributed by atoms with E-state index in [0.29, 0.717) is 11.9 Å². The fourth-order valence-electron chi connectivity index (χ4n) is 2.92. The molecule has 1 N–H and O–H groups in total. The fraction of sp³-hybridized carbons (Fsp3) is 0.632. The maximum absolute atomic E-state index is 6.01. The summed E-state index contributed by atoms with van der Waals surface area (Å²) >= 11 is 0. The lowest BCUT2D eigenvalue weighted by atomic mass is 9.87. The Morgan fingerprint density at radius 3 is 2.43 bits per heavy atom. The number of hydrogen-bond acceptors (Lipinski definition) is 4. The largest absolute Gasteiger partial charge is 0.474 e. The Morgan fingerprint density at radius 1 is 1.13 bits per heavy atom. The molecule has 0 atom stereocenters. The van der Waals surface area contributed by atoms with E-state index in [0.717, 1.165) is 29.6 Å². The van der Waals surface area contributed by atoms with Crippen molar-refractivity contribution in [3.63, 3.8) is 0 Å². The zero-order chi connectivity index (χ0) is 16.8. The number of fused-ring (bicyclic) bond motifs is 1. The number of nitrogens with one attached hydrogen (secondary N) is 1. The van der Waals surface area contributed by atoms with Gasteiger partial charge in [0.2, 0.25) is 5.88 Å². The maximum Gasteiger partial charge on any atom is 0.214 e. The first kappa shape index (κ1) is 16.3. The normalized spacial score (nSPS) is 22.2. The first-order chi connectivity index (χ1) is 10.6. The predicted octanol–water partition coefficient (Wildman–Crippen LogP) is 4.42. The Bertz CT molecular complexity index is 685. The van der Waals surface area contributed by atoms with Crippen LogP contribution in [-0.2, 0) is 5.41 Å². The molecule has 3 rings (SSSR count). The van der Waals surface area contributed by atoms with Crippen molar-refractivity contribution in [3.8, 4) is 5.88 Å². The molecule has 0 aliphatic heterocycles. The lowest BCUT2D eigenvalue weighted by molar-refractivity contribution is 0.0696. The number of ether oxygens (including phenoxy) is 1. The molecule has 1 aliphatic carbocycles. The van der Waals surface area contributed by atoms with Crippen molar-refractivity contribution in [2.75, 3.05) is 0 Å². The molecule has 0 radical (unpaired) electrons. The van der Waals surface area contributed by atoms with Gasteiger partial charge in [-0.1, -0.05) is 20.8 Å². The quantitative estimate of drug-likeness (QED) is 0.910. The van der Waals surface area contributed by atoms with Crippen LogP contribution in [0.15, 0.2) is 22.7 Å². The molecule has 1 fully saturated rings. The van der Waals surface area contributed by atoms with Gasteiger partial charge < -0.3 is 14.5 Å². The first-order valence-electron chi connectivity index (χ1n) is 8.44. The topological polar surface area (TPSA) is 47.3 Å². The highest BCUT2D eigenvalue weighted by Gasteiger charge is 2.33. The molecule has 126 valence electrons. The van der Waals surface area contributed by atoms with Gasteiger partial charge in [-0.15, -0.1) is 0 Å². The summed E-state index contributed by atoms with van der Waals surface area (Å²) < 4.78 is 11.9. The van der Waals surface area contributed by atoms with Crippen LogP contribution in [0, 0.1) is 0 Å². The van der Waals surface area contributed by atoms with E-state index >= 15 is 0 Å². The Balaban J connectivity index is 1.64. The third-order valence-electron chi connectivity index (χ3n) is 4.14. The van der Waals surface area contributed by atoms with Crippen LogP contribution in [-0.4, -0.2) is 22.7 Å². The van der Waals surface area contributed by atoms with Crippen molar-refractivity contribution in [3.05, 3.63) is 24.1 Å². The molecular formula is C19H28N2O2. The van der Waals surface area contributed by atoms with Gasteiger partial charge in [0.1, 0.15) is 11.9 Å². The number of aromatic nitrogens is 1. The minimum Gasteiger partial charge on any atom is -0.474 e. The molecule has 2 heterocycles. The third-order valence-corrected chi connectivity index (χ3v) is 4.14. The number of furan rings is 1. The molecule has 0 unspecified atom stereocenters. The van der Waals surface area contributed by atoms with Crippen LogP contribution in [0.4, 0.5) is 0 Å². The standard InChI is InChI=1S/C19H28N2O2/c1-18(2,3)16-7-12-8-17(20-11-15(12)23-16)22-14-9-13(10-14)21-19(4,5)6/h7-8,11,13-14,21H,9-10H2,1-6H3/t13-,14-. The van der Waals surface area contributed by atoms with E-state index in [1.54, 1.807) is 6.20 Å². The highest BCUT2D eigenvalue weighted by molar-refractivity contribution is 5.78. The molecule has 2 aromatic rings. The molecule has 1 aliphatic rings. The van der Waals surface area contributed by atoms with Crippen LogP contribution in [0.1, 0.15) is 60.1 Å². The van der Waals surface area contributed by atoms with E-state index < -0.39 is 0 Å². The van der Waals surface area contributed by atoms with E-state index in [-0.39, 0.29) is 17.1 Å². The molecule has 0 spiro atoms. The fourth-order valence-corrected chi connectivity index (χ4v) is 2.92. The lowest BCUT2D eigenvalue weighted by Crippen LogP contribution is -2.53.